The van der Waals surface area contributed by atoms with E-state index in [9.17, 15) is 4.79 Å². The highest BCUT2D eigenvalue weighted by atomic mass is 16.4. The van der Waals surface area contributed by atoms with Crippen LogP contribution in [-0.4, -0.2) is 23.1 Å². The second-order valence-corrected chi connectivity index (χ2v) is 3.63. The third-order valence-electron chi connectivity index (χ3n) is 2.45. The Balaban J connectivity index is 2.78. The Morgan fingerprint density at radius 3 is 2.75 bits per heavy atom. The highest BCUT2D eigenvalue weighted by molar-refractivity contribution is 5.97. The minimum Gasteiger partial charge on any atom is -0.477 e. The highest BCUT2D eigenvalue weighted by Gasteiger charge is 2.09. The number of anilines is 1. The van der Waals surface area contributed by atoms with Gasteiger partial charge in [0.2, 0.25) is 0 Å². The zero-order chi connectivity index (χ0) is 11.7. The zero-order valence-electron chi connectivity index (χ0n) is 9.11. The summed E-state index contributed by atoms with van der Waals surface area (Å²) in [6.45, 7) is 1.99. The van der Waals surface area contributed by atoms with Crippen LogP contribution < -0.4 is 5.32 Å². The number of carbonyl (C=O) groups is 1. The maximum absolute atomic E-state index is 10.9. The van der Waals surface area contributed by atoms with Gasteiger partial charge in [-0.3, -0.25) is 0 Å². The second kappa shape index (κ2) is 3.81. The molecule has 0 spiro atoms. The molecule has 0 amide bonds. The average Bonchev–Trinajstić information content (AvgIpc) is 2.27. The number of aryl methyl sites for hydroxylation is 1. The zero-order valence-corrected chi connectivity index (χ0v) is 9.11. The molecule has 0 aliphatic carbocycles. The molecule has 16 heavy (non-hydrogen) atoms. The van der Waals surface area contributed by atoms with E-state index in [4.69, 9.17) is 5.11 Å². The average molecular weight is 216 g/mol. The Bertz CT molecular complexity index is 564. The smallest absolute Gasteiger partial charge is 0.354 e. The molecular weight excluding hydrogens is 204 g/mol. The topological polar surface area (TPSA) is 62.2 Å². The summed E-state index contributed by atoms with van der Waals surface area (Å²) in [6, 6.07) is 7.28. The summed E-state index contributed by atoms with van der Waals surface area (Å²) < 4.78 is 0. The van der Waals surface area contributed by atoms with E-state index >= 15 is 0 Å². The van der Waals surface area contributed by atoms with Crippen LogP contribution in [0.3, 0.4) is 0 Å². The number of carboxylic acids is 1. The molecule has 0 bridgehead atoms. The summed E-state index contributed by atoms with van der Waals surface area (Å²) in [5, 5.41) is 12.9. The van der Waals surface area contributed by atoms with Crippen LogP contribution in [0.25, 0.3) is 10.9 Å². The number of hydrogen-bond acceptors (Lipinski definition) is 3. The van der Waals surface area contributed by atoms with E-state index in [-0.39, 0.29) is 5.69 Å². The van der Waals surface area contributed by atoms with E-state index in [1.165, 1.54) is 0 Å². The van der Waals surface area contributed by atoms with Gasteiger partial charge in [-0.1, -0.05) is 11.6 Å². The van der Waals surface area contributed by atoms with Crippen molar-refractivity contribution in [3.63, 3.8) is 0 Å². The van der Waals surface area contributed by atoms with Crippen molar-refractivity contribution in [2.75, 3.05) is 12.4 Å². The van der Waals surface area contributed by atoms with Gasteiger partial charge in [0.05, 0.1) is 5.52 Å². The molecule has 0 fully saturated rings. The largest absolute Gasteiger partial charge is 0.477 e. The van der Waals surface area contributed by atoms with Gasteiger partial charge in [-0.15, -0.1) is 0 Å². The molecule has 2 N–H and O–H groups in total. The summed E-state index contributed by atoms with van der Waals surface area (Å²) in [7, 11) is 1.77. The maximum atomic E-state index is 10.9. The van der Waals surface area contributed by atoms with Gasteiger partial charge in [-0.25, -0.2) is 9.78 Å². The number of rotatable bonds is 2. The maximum Gasteiger partial charge on any atom is 0.354 e. The number of aromatic carboxylic acids is 1. The predicted molar refractivity (Wildman–Crippen MR) is 63.0 cm³/mol. The molecular formula is C12H12N2O2. The van der Waals surface area contributed by atoms with E-state index in [1.807, 2.05) is 25.1 Å². The Labute approximate surface area is 92.9 Å². The molecule has 4 nitrogen and oxygen atoms in total. The van der Waals surface area contributed by atoms with Gasteiger partial charge < -0.3 is 10.4 Å². The normalized spacial score (nSPS) is 10.4. The molecule has 1 heterocycles. The van der Waals surface area contributed by atoms with Crippen LogP contribution in [0.2, 0.25) is 0 Å². The number of hydrogen-bond donors (Lipinski definition) is 2. The van der Waals surface area contributed by atoms with Crippen LogP contribution in [0.4, 0.5) is 5.69 Å². The first-order valence-electron chi connectivity index (χ1n) is 4.94. The van der Waals surface area contributed by atoms with Crippen LogP contribution in [-0.2, 0) is 0 Å². The van der Waals surface area contributed by atoms with Gasteiger partial charge >= 0.3 is 5.97 Å². The number of aromatic nitrogens is 1. The number of nitrogens with one attached hydrogen (secondary N) is 1. The first-order chi connectivity index (χ1) is 7.61. The molecule has 82 valence electrons. The molecule has 2 aromatic rings. The predicted octanol–water partition coefficient (Wildman–Crippen LogP) is 2.28. The lowest BCUT2D eigenvalue weighted by Gasteiger charge is -2.07. The molecule has 0 radical (unpaired) electrons. The van der Waals surface area contributed by atoms with Gasteiger partial charge in [0, 0.05) is 18.1 Å². The first-order valence-corrected chi connectivity index (χ1v) is 4.94. The fourth-order valence-corrected chi connectivity index (χ4v) is 1.66. The van der Waals surface area contributed by atoms with Crippen molar-refractivity contribution in [1.82, 2.24) is 4.98 Å². The lowest BCUT2D eigenvalue weighted by molar-refractivity contribution is 0.0691. The quantitative estimate of drug-likeness (QED) is 0.808. The number of fused-ring (bicyclic) bond motifs is 1. The molecule has 4 heteroatoms. The van der Waals surface area contributed by atoms with Crippen molar-refractivity contribution >= 4 is 22.6 Å². The molecule has 0 aliphatic rings. The van der Waals surface area contributed by atoms with Crippen LogP contribution in [0.15, 0.2) is 24.3 Å². The first kappa shape index (κ1) is 10.4. The molecule has 0 saturated carbocycles. The van der Waals surface area contributed by atoms with E-state index in [0.29, 0.717) is 5.52 Å². The third-order valence-corrected chi connectivity index (χ3v) is 2.45. The summed E-state index contributed by atoms with van der Waals surface area (Å²) >= 11 is 0. The fourth-order valence-electron chi connectivity index (χ4n) is 1.66. The van der Waals surface area contributed by atoms with Gasteiger partial charge in [0.1, 0.15) is 0 Å². The lowest BCUT2D eigenvalue weighted by Crippen LogP contribution is -2.02. The van der Waals surface area contributed by atoms with Crippen LogP contribution in [0.5, 0.6) is 0 Å². The Morgan fingerprint density at radius 1 is 1.38 bits per heavy atom. The number of nitrogens with zero attached hydrogens (tertiary/aromatic N) is 1. The van der Waals surface area contributed by atoms with Crippen molar-refractivity contribution in [2.24, 2.45) is 0 Å². The Kier molecular flexibility index (Phi) is 2.48. The highest BCUT2D eigenvalue weighted by Crippen LogP contribution is 2.23. The van der Waals surface area contributed by atoms with Crippen molar-refractivity contribution in [2.45, 2.75) is 6.92 Å². The summed E-state index contributed by atoms with van der Waals surface area (Å²) in [6.07, 6.45) is 0. The molecule has 1 aromatic heterocycles. The molecule has 0 aliphatic heterocycles. The summed E-state index contributed by atoms with van der Waals surface area (Å²) in [5.74, 6) is -1.01. The molecule has 0 saturated heterocycles. The number of benzene rings is 1. The molecule has 0 atom stereocenters. The summed E-state index contributed by atoms with van der Waals surface area (Å²) in [4.78, 5) is 15.0. The van der Waals surface area contributed by atoms with Crippen LogP contribution >= 0.6 is 0 Å². The fraction of sp³-hybridized carbons (Fsp3) is 0.167. The van der Waals surface area contributed by atoms with Crippen molar-refractivity contribution < 1.29 is 9.90 Å². The minimum absolute atomic E-state index is 0.0562. The van der Waals surface area contributed by atoms with Gasteiger partial charge in [0.15, 0.2) is 5.69 Å². The van der Waals surface area contributed by atoms with Gasteiger partial charge in [-0.2, -0.15) is 0 Å². The van der Waals surface area contributed by atoms with Crippen molar-refractivity contribution in [1.29, 1.82) is 0 Å². The van der Waals surface area contributed by atoms with E-state index in [0.717, 1.165) is 16.6 Å². The third kappa shape index (κ3) is 1.69. The summed E-state index contributed by atoms with van der Waals surface area (Å²) in [5.41, 5.74) is 2.65. The molecule has 2 rings (SSSR count). The Morgan fingerprint density at radius 2 is 2.12 bits per heavy atom. The second-order valence-electron chi connectivity index (χ2n) is 3.63. The number of pyridine rings is 1. The molecule has 0 unspecified atom stereocenters. The van der Waals surface area contributed by atoms with Crippen LogP contribution in [0.1, 0.15) is 16.1 Å². The monoisotopic (exact) mass is 216 g/mol. The Hall–Kier alpha value is -2.10. The number of carboxylic acid groups (broad SMARTS) is 1. The van der Waals surface area contributed by atoms with Crippen molar-refractivity contribution in [3.05, 3.63) is 35.5 Å². The van der Waals surface area contributed by atoms with Crippen molar-refractivity contribution in [3.8, 4) is 0 Å². The van der Waals surface area contributed by atoms with Crippen LogP contribution in [0, 0.1) is 6.92 Å². The lowest BCUT2D eigenvalue weighted by atomic mass is 10.1. The SMILES string of the molecule is CNc1cc(C(=O)O)nc2ccc(C)cc12. The molecule has 1 aromatic carbocycles. The van der Waals surface area contributed by atoms with Gasteiger partial charge in [-0.05, 0) is 25.1 Å². The van der Waals surface area contributed by atoms with E-state index in [2.05, 4.69) is 10.3 Å². The minimum atomic E-state index is -1.01. The van der Waals surface area contributed by atoms with E-state index < -0.39 is 5.97 Å². The van der Waals surface area contributed by atoms with E-state index in [1.54, 1.807) is 13.1 Å². The van der Waals surface area contributed by atoms with Gasteiger partial charge in [0.25, 0.3) is 0 Å². The standard InChI is InChI=1S/C12H12N2O2/c1-7-3-4-9-8(5-7)10(13-2)6-11(14-9)12(15)16/h3-6H,1-2H3,(H,13,14)(H,15,16).